The fourth-order valence-electron chi connectivity index (χ4n) is 3.03. The van der Waals surface area contributed by atoms with Crippen LogP contribution in [0.1, 0.15) is 29.7 Å². The molecule has 0 amide bonds. The second-order valence-electron chi connectivity index (χ2n) is 6.67. The molecule has 1 heterocycles. The van der Waals surface area contributed by atoms with Crippen LogP contribution in [0.25, 0.3) is 0 Å². The van der Waals surface area contributed by atoms with E-state index in [-0.39, 0.29) is 35.2 Å². The third-order valence-corrected chi connectivity index (χ3v) is 4.80. The van der Waals surface area contributed by atoms with E-state index >= 15 is 0 Å². The number of hydrogen-bond donors (Lipinski definition) is 2. The number of aromatic nitrogens is 1. The summed E-state index contributed by atoms with van der Waals surface area (Å²) >= 11 is 0. The maximum absolute atomic E-state index is 14.1. The number of aryl methyl sites for hydroxylation is 1. The van der Waals surface area contributed by atoms with Gasteiger partial charge in [0.1, 0.15) is 5.82 Å². The van der Waals surface area contributed by atoms with Crippen LogP contribution in [0.4, 0.5) is 4.39 Å². The van der Waals surface area contributed by atoms with Crippen molar-refractivity contribution in [2.24, 2.45) is 4.99 Å². The van der Waals surface area contributed by atoms with Crippen molar-refractivity contribution in [3.8, 4) is 0 Å². The lowest BCUT2D eigenvalue weighted by molar-refractivity contribution is 0.559. The van der Waals surface area contributed by atoms with Crippen LogP contribution in [0.5, 0.6) is 0 Å². The van der Waals surface area contributed by atoms with Crippen LogP contribution in [-0.2, 0) is 11.8 Å². The molecular formula is C20H26FIN4. The van der Waals surface area contributed by atoms with Crippen molar-refractivity contribution in [2.75, 3.05) is 20.1 Å². The highest BCUT2D eigenvalue weighted by Crippen LogP contribution is 2.48. The van der Waals surface area contributed by atoms with E-state index < -0.39 is 0 Å². The third kappa shape index (κ3) is 5.16. The first-order valence-corrected chi connectivity index (χ1v) is 8.74. The predicted molar refractivity (Wildman–Crippen MR) is 115 cm³/mol. The van der Waals surface area contributed by atoms with Gasteiger partial charge in [0.25, 0.3) is 0 Å². The Kier molecular flexibility index (Phi) is 7.37. The normalized spacial score (nSPS) is 15.1. The second kappa shape index (κ2) is 9.30. The zero-order chi connectivity index (χ0) is 17.7. The molecule has 0 spiro atoms. The second-order valence-corrected chi connectivity index (χ2v) is 6.67. The summed E-state index contributed by atoms with van der Waals surface area (Å²) in [4.78, 5) is 8.57. The van der Waals surface area contributed by atoms with Crippen molar-refractivity contribution in [1.82, 2.24) is 15.6 Å². The number of pyridine rings is 1. The van der Waals surface area contributed by atoms with Gasteiger partial charge in [0.05, 0.1) is 0 Å². The summed E-state index contributed by atoms with van der Waals surface area (Å²) in [5, 5.41) is 6.67. The molecule has 1 aromatic carbocycles. The number of hydrogen-bond acceptors (Lipinski definition) is 2. The molecule has 1 aliphatic rings. The van der Waals surface area contributed by atoms with Crippen LogP contribution < -0.4 is 10.6 Å². The molecule has 140 valence electrons. The number of benzene rings is 1. The molecule has 1 fully saturated rings. The maximum Gasteiger partial charge on any atom is 0.191 e. The molecule has 4 nitrogen and oxygen atoms in total. The highest BCUT2D eigenvalue weighted by molar-refractivity contribution is 14.0. The molecule has 1 aliphatic carbocycles. The Bertz CT molecular complexity index is 742. The number of nitrogens with zero attached hydrogens (tertiary/aromatic N) is 2. The Labute approximate surface area is 171 Å². The molecule has 2 N–H and O–H groups in total. The molecule has 6 heteroatoms. The zero-order valence-corrected chi connectivity index (χ0v) is 17.6. The van der Waals surface area contributed by atoms with E-state index in [1.165, 1.54) is 11.6 Å². The van der Waals surface area contributed by atoms with Crippen LogP contribution in [0.15, 0.2) is 47.6 Å². The molecule has 26 heavy (non-hydrogen) atoms. The van der Waals surface area contributed by atoms with Gasteiger partial charge in [-0.05, 0) is 49.4 Å². The minimum atomic E-state index is -0.114. The summed E-state index contributed by atoms with van der Waals surface area (Å²) in [6.45, 7) is 3.45. The Morgan fingerprint density at radius 2 is 1.96 bits per heavy atom. The van der Waals surface area contributed by atoms with Crippen molar-refractivity contribution >= 4 is 29.9 Å². The van der Waals surface area contributed by atoms with Crippen molar-refractivity contribution in [2.45, 2.75) is 31.6 Å². The molecule has 2 aromatic rings. The summed E-state index contributed by atoms with van der Waals surface area (Å²) in [6.07, 6.45) is 4.80. The van der Waals surface area contributed by atoms with Crippen LogP contribution in [0.2, 0.25) is 0 Å². The monoisotopic (exact) mass is 468 g/mol. The fourth-order valence-corrected chi connectivity index (χ4v) is 3.03. The molecule has 1 saturated carbocycles. The van der Waals surface area contributed by atoms with Crippen molar-refractivity contribution in [1.29, 1.82) is 0 Å². The minimum absolute atomic E-state index is 0. The first-order valence-electron chi connectivity index (χ1n) is 8.74. The first kappa shape index (κ1) is 20.6. The van der Waals surface area contributed by atoms with Gasteiger partial charge in [-0.1, -0.05) is 24.3 Å². The number of rotatable bonds is 6. The summed E-state index contributed by atoms with van der Waals surface area (Å²) < 4.78 is 14.1. The quantitative estimate of drug-likeness (QED) is 0.387. The average Bonchev–Trinajstić information content (AvgIpc) is 3.41. The molecule has 0 atom stereocenters. The molecule has 1 aromatic heterocycles. The highest BCUT2D eigenvalue weighted by atomic mass is 127. The van der Waals surface area contributed by atoms with E-state index in [2.05, 4.69) is 26.7 Å². The van der Waals surface area contributed by atoms with Gasteiger partial charge in [-0.2, -0.15) is 0 Å². The Balaban J connectivity index is 0.00000243. The van der Waals surface area contributed by atoms with E-state index in [9.17, 15) is 4.39 Å². The average molecular weight is 468 g/mol. The van der Waals surface area contributed by atoms with Gasteiger partial charge in [-0.15, -0.1) is 24.0 Å². The highest BCUT2D eigenvalue weighted by Gasteiger charge is 2.45. The van der Waals surface area contributed by atoms with E-state index in [4.69, 9.17) is 0 Å². The van der Waals surface area contributed by atoms with Gasteiger partial charge in [0.2, 0.25) is 0 Å². The minimum Gasteiger partial charge on any atom is -0.356 e. The van der Waals surface area contributed by atoms with Gasteiger partial charge in [0, 0.05) is 37.4 Å². The number of nitrogens with one attached hydrogen (secondary N) is 2. The van der Waals surface area contributed by atoms with Crippen molar-refractivity contribution < 1.29 is 4.39 Å². The van der Waals surface area contributed by atoms with Crippen LogP contribution in [-0.4, -0.2) is 31.1 Å². The van der Waals surface area contributed by atoms with E-state index in [0.717, 1.165) is 43.0 Å². The van der Waals surface area contributed by atoms with E-state index in [1.807, 2.05) is 31.3 Å². The molecule has 0 unspecified atom stereocenters. The van der Waals surface area contributed by atoms with Crippen molar-refractivity contribution in [3.05, 3.63) is 65.2 Å². The summed E-state index contributed by atoms with van der Waals surface area (Å²) in [7, 11) is 1.76. The number of halogens is 2. The molecule has 0 aliphatic heterocycles. The maximum atomic E-state index is 14.1. The van der Waals surface area contributed by atoms with Crippen LogP contribution in [0, 0.1) is 12.7 Å². The third-order valence-electron chi connectivity index (χ3n) is 4.80. The Hall–Kier alpha value is -1.70. The SMILES string of the molecule is CN=C(NCCc1ccc(C)nc1)NCC1(c2ccccc2F)CC1.I. The zero-order valence-electron chi connectivity index (χ0n) is 15.3. The first-order chi connectivity index (χ1) is 12.1. The van der Waals surface area contributed by atoms with E-state index in [1.54, 1.807) is 13.1 Å². The Morgan fingerprint density at radius 1 is 1.19 bits per heavy atom. The van der Waals surface area contributed by atoms with Gasteiger partial charge in [-0.3, -0.25) is 9.98 Å². The largest absolute Gasteiger partial charge is 0.356 e. The standard InChI is InChI=1S/C20H25FN4.HI/c1-15-7-8-16(13-24-15)9-12-23-19(22-2)25-14-20(10-11-20)17-5-3-4-6-18(17)21;/h3-8,13H,9-12,14H2,1-2H3,(H2,22,23,25);1H. The van der Waals surface area contributed by atoms with Gasteiger partial charge in [0.15, 0.2) is 5.96 Å². The topological polar surface area (TPSA) is 49.3 Å². The lowest BCUT2D eigenvalue weighted by atomic mass is 9.95. The van der Waals surface area contributed by atoms with Crippen LogP contribution >= 0.6 is 24.0 Å². The Morgan fingerprint density at radius 3 is 2.58 bits per heavy atom. The molecular weight excluding hydrogens is 442 g/mol. The summed E-state index contributed by atoms with van der Waals surface area (Å²) in [5.74, 6) is 0.638. The molecule has 0 radical (unpaired) electrons. The number of guanidine groups is 1. The van der Waals surface area contributed by atoms with E-state index in [0.29, 0.717) is 6.54 Å². The molecule has 3 rings (SSSR count). The summed E-state index contributed by atoms with van der Waals surface area (Å²) in [5.41, 5.74) is 2.93. The fraction of sp³-hybridized carbons (Fsp3) is 0.400. The van der Waals surface area contributed by atoms with Crippen molar-refractivity contribution in [3.63, 3.8) is 0 Å². The van der Waals surface area contributed by atoms with Crippen LogP contribution in [0.3, 0.4) is 0 Å². The lowest BCUT2D eigenvalue weighted by Gasteiger charge is -2.19. The van der Waals surface area contributed by atoms with Gasteiger partial charge in [-0.25, -0.2) is 4.39 Å². The predicted octanol–water partition coefficient (Wildman–Crippen LogP) is 3.59. The molecule has 0 saturated heterocycles. The number of aliphatic imine (C=N–C) groups is 1. The summed E-state index contributed by atoms with van der Waals surface area (Å²) in [6, 6.07) is 11.2. The lowest BCUT2D eigenvalue weighted by Crippen LogP contribution is -2.42. The smallest absolute Gasteiger partial charge is 0.191 e. The molecule has 0 bridgehead atoms. The van der Waals surface area contributed by atoms with Gasteiger partial charge < -0.3 is 10.6 Å². The van der Waals surface area contributed by atoms with Gasteiger partial charge >= 0.3 is 0 Å².